The van der Waals surface area contributed by atoms with Crippen LogP contribution in [-0.2, 0) is 6.42 Å². The highest BCUT2D eigenvalue weighted by molar-refractivity contribution is 5.29. The molecular formula is C10H13FO2. The third-order valence-corrected chi connectivity index (χ3v) is 1.64. The highest BCUT2D eigenvalue weighted by Crippen LogP contribution is 2.16. The average Bonchev–Trinajstić information content (AvgIpc) is 2.04. The predicted octanol–water partition coefficient (Wildman–Crippen LogP) is 1.76. The summed E-state index contributed by atoms with van der Waals surface area (Å²) in [6.45, 7) is 2.38. The molecule has 1 rings (SSSR count). The second-order valence-corrected chi connectivity index (χ2v) is 2.70. The monoisotopic (exact) mass is 184 g/mol. The van der Waals surface area contributed by atoms with Crippen LogP contribution in [0.2, 0.25) is 0 Å². The van der Waals surface area contributed by atoms with Crippen molar-refractivity contribution in [3.63, 3.8) is 0 Å². The Morgan fingerprint density at radius 3 is 2.77 bits per heavy atom. The Kier molecular flexibility index (Phi) is 3.71. The summed E-state index contributed by atoms with van der Waals surface area (Å²) in [6.07, 6.45) is 0.456. The molecule has 1 aromatic carbocycles. The third kappa shape index (κ3) is 3.03. The number of aliphatic hydroxyl groups excluding tert-OH is 1. The van der Waals surface area contributed by atoms with Gasteiger partial charge in [-0.15, -0.1) is 0 Å². The van der Waals surface area contributed by atoms with Crippen molar-refractivity contribution in [1.29, 1.82) is 0 Å². The zero-order valence-electron chi connectivity index (χ0n) is 7.59. The Bertz CT molecular complexity index is 249. The molecule has 0 saturated heterocycles. The van der Waals surface area contributed by atoms with Crippen LogP contribution in [0, 0.1) is 5.82 Å². The van der Waals surface area contributed by atoms with Gasteiger partial charge in [-0.3, -0.25) is 0 Å². The van der Waals surface area contributed by atoms with E-state index in [0.717, 1.165) is 5.56 Å². The van der Waals surface area contributed by atoms with Crippen LogP contribution in [0.1, 0.15) is 12.5 Å². The molecule has 13 heavy (non-hydrogen) atoms. The normalized spacial score (nSPS) is 10.1. The largest absolute Gasteiger partial charge is 0.494 e. The minimum atomic E-state index is -0.325. The second kappa shape index (κ2) is 4.82. The van der Waals surface area contributed by atoms with Crippen LogP contribution in [0.25, 0.3) is 0 Å². The van der Waals surface area contributed by atoms with Gasteiger partial charge >= 0.3 is 0 Å². The Balaban J connectivity index is 2.83. The molecule has 0 saturated carbocycles. The number of benzene rings is 1. The Morgan fingerprint density at radius 2 is 2.15 bits per heavy atom. The first-order chi connectivity index (χ1) is 6.26. The molecule has 0 aromatic heterocycles. The Morgan fingerprint density at radius 1 is 1.38 bits per heavy atom. The van der Waals surface area contributed by atoms with E-state index in [0.29, 0.717) is 18.8 Å². The van der Waals surface area contributed by atoms with E-state index in [1.165, 1.54) is 12.1 Å². The SMILES string of the molecule is CCOc1cc(F)cc(CCO)c1. The van der Waals surface area contributed by atoms with Crippen molar-refractivity contribution < 1.29 is 14.2 Å². The summed E-state index contributed by atoms with van der Waals surface area (Å²) >= 11 is 0. The van der Waals surface area contributed by atoms with Gasteiger partial charge in [0, 0.05) is 12.7 Å². The quantitative estimate of drug-likeness (QED) is 0.772. The van der Waals surface area contributed by atoms with E-state index in [1.54, 1.807) is 6.07 Å². The van der Waals surface area contributed by atoms with Gasteiger partial charge in [-0.1, -0.05) is 0 Å². The van der Waals surface area contributed by atoms with Crippen molar-refractivity contribution in [3.8, 4) is 5.75 Å². The van der Waals surface area contributed by atoms with Crippen LogP contribution in [0.15, 0.2) is 18.2 Å². The van der Waals surface area contributed by atoms with Gasteiger partial charge in [0.1, 0.15) is 11.6 Å². The Labute approximate surface area is 77.0 Å². The summed E-state index contributed by atoms with van der Waals surface area (Å²) in [5, 5.41) is 8.67. The highest BCUT2D eigenvalue weighted by Gasteiger charge is 2.00. The van der Waals surface area contributed by atoms with Crippen molar-refractivity contribution in [3.05, 3.63) is 29.6 Å². The van der Waals surface area contributed by atoms with Gasteiger partial charge in [0.2, 0.25) is 0 Å². The number of rotatable bonds is 4. The van der Waals surface area contributed by atoms with Gasteiger partial charge in [-0.25, -0.2) is 4.39 Å². The van der Waals surface area contributed by atoms with E-state index in [2.05, 4.69) is 0 Å². The number of hydrogen-bond donors (Lipinski definition) is 1. The minimum Gasteiger partial charge on any atom is -0.494 e. The number of aliphatic hydroxyl groups is 1. The van der Waals surface area contributed by atoms with Gasteiger partial charge in [-0.05, 0) is 31.0 Å². The zero-order valence-corrected chi connectivity index (χ0v) is 7.59. The van der Waals surface area contributed by atoms with E-state index in [9.17, 15) is 4.39 Å². The van der Waals surface area contributed by atoms with Crippen molar-refractivity contribution in [2.45, 2.75) is 13.3 Å². The summed E-state index contributed by atoms with van der Waals surface area (Å²) in [5.74, 6) is 0.195. The van der Waals surface area contributed by atoms with E-state index in [1.807, 2.05) is 6.92 Å². The number of halogens is 1. The average molecular weight is 184 g/mol. The summed E-state index contributed by atoms with van der Waals surface area (Å²) < 4.78 is 18.1. The van der Waals surface area contributed by atoms with E-state index in [4.69, 9.17) is 9.84 Å². The molecule has 2 nitrogen and oxygen atoms in total. The molecule has 0 amide bonds. The lowest BCUT2D eigenvalue weighted by Crippen LogP contribution is -1.96. The molecule has 3 heteroatoms. The predicted molar refractivity (Wildman–Crippen MR) is 48.4 cm³/mol. The molecule has 0 atom stereocenters. The highest BCUT2D eigenvalue weighted by atomic mass is 19.1. The maximum atomic E-state index is 12.9. The molecule has 0 radical (unpaired) electrons. The minimum absolute atomic E-state index is 0.0228. The molecule has 1 aromatic rings. The third-order valence-electron chi connectivity index (χ3n) is 1.64. The molecule has 0 aliphatic heterocycles. The standard InChI is InChI=1S/C10H13FO2/c1-2-13-10-6-8(3-4-12)5-9(11)7-10/h5-7,12H,2-4H2,1H3. The van der Waals surface area contributed by atoms with Crippen LogP contribution in [0.4, 0.5) is 4.39 Å². The summed E-state index contributed by atoms with van der Waals surface area (Å²) in [7, 11) is 0. The molecule has 0 fully saturated rings. The molecule has 1 N–H and O–H groups in total. The Hall–Kier alpha value is -1.09. The van der Waals surface area contributed by atoms with Gasteiger partial charge in [0.15, 0.2) is 0 Å². The van der Waals surface area contributed by atoms with Crippen molar-refractivity contribution >= 4 is 0 Å². The fourth-order valence-corrected chi connectivity index (χ4v) is 1.14. The molecule has 0 aliphatic rings. The van der Waals surface area contributed by atoms with Gasteiger partial charge in [0.05, 0.1) is 6.61 Å². The van der Waals surface area contributed by atoms with Crippen LogP contribution in [-0.4, -0.2) is 18.3 Å². The first kappa shape index (κ1) is 9.99. The van der Waals surface area contributed by atoms with Crippen LogP contribution >= 0.6 is 0 Å². The first-order valence-electron chi connectivity index (χ1n) is 4.29. The smallest absolute Gasteiger partial charge is 0.127 e. The van der Waals surface area contributed by atoms with Gasteiger partial charge in [-0.2, -0.15) is 0 Å². The molecule has 72 valence electrons. The molecule has 0 spiro atoms. The maximum Gasteiger partial charge on any atom is 0.127 e. The van der Waals surface area contributed by atoms with Crippen molar-refractivity contribution in [2.24, 2.45) is 0 Å². The summed E-state index contributed by atoms with van der Waals surface area (Å²) in [4.78, 5) is 0. The number of hydrogen-bond acceptors (Lipinski definition) is 2. The van der Waals surface area contributed by atoms with E-state index < -0.39 is 0 Å². The molecule has 0 heterocycles. The maximum absolute atomic E-state index is 12.9. The first-order valence-corrected chi connectivity index (χ1v) is 4.29. The van der Waals surface area contributed by atoms with Crippen LogP contribution < -0.4 is 4.74 Å². The van der Waals surface area contributed by atoms with E-state index in [-0.39, 0.29) is 12.4 Å². The van der Waals surface area contributed by atoms with Gasteiger partial charge < -0.3 is 9.84 Å². The topological polar surface area (TPSA) is 29.5 Å². The van der Waals surface area contributed by atoms with Gasteiger partial charge in [0.25, 0.3) is 0 Å². The van der Waals surface area contributed by atoms with Crippen molar-refractivity contribution in [1.82, 2.24) is 0 Å². The van der Waals surface area contributed by atoms with Crippen LogP contribution in [0.5, 0.6) is 5.75 Å². The number of ether oxygens (including phenoxy) is 1. The lowest BCUT2D eigenvalue weighted by Gasteiger charge is -2.05. The summed E-state index contributed by atoms with van der Waals surface area (Å²) in [5.41, 5.74) is 0.756. The van der Waals surface area contributed by atoms with E-state index >= 15 is 0 Å². The second-order valence-electron chi connectivity index (χ2n) is 2.70. The lowest BCUT2D eigenvalue weighted by molar-refractivity contribution is 0.298. The molecule has 0 aliphatic carbocycles. The van der Waals surface area contributed by atoms with Crippen molar-refractivity contribution in [2.75, 3.05) is 13.2 Å². The zero-order chi connectivity index (χ0) is 9.68. The fraction of sp³-hybridized carbons (Fsp3) is 0.400. The molecule has 0 unspecified atom stereocenters. The molecular weight excluding hydrogens is 171 g/mol. The fourth-order valence-electron chi connectivity index (χ4n) is 1.14. The lowest BCUT2D eigenvalue weighted by atomic mass is 10.1. The summed E-state index contributed by atoms with van der Waals surface area (Å²) in [6, 6.07) is 4.48. The van der Waals surface area contributed by atoms with Crippen LogP contribution in [0.3, 0.4) is 0 Å². The molecule has 0 bridgehead atoms.